The Bertz CT molecular complexity index is 573. The Kier molecular flexibility index (Phi) is 6.31. The largest absolute Gasteiger partial charge is 0.465 e. The van der Waals surface area contributed by atoms with Crippen molar-refractivity contribution in [1.29, 1.82) is 0 Å². The number of rotatable bonds is 7. The minimum Gasteiger partial charge on any atom is -0.465 e. The topological polar surface area (TPSA) is 98.5 Å². The monoisotopic (exact) mass is 318 g/mol. The molecule has 0 aliphatic rings. The summed E-state index contributed by atoms with van der Waals surface area (Å²) in [5.74, 6) is 0.137. The summed E-state index contributed by atoms with van der Waals surface area (Å²) in [6.07, 6.45) is 2.65. The molecule has 0 amide bonds. The predicted octanol–water partition coefficient (Wildman–Crippen LogP) is 1.09. The minimum absolute atomic E-state index is 0.0286. The van der Waals surface area contributed by atoms with Crippen LogP contribution in [0.4, 0.5) is 5.69 Å². The molecule has 0 unspecified atom stereocenters. The quantitative estimate of drug-likeness (QED) is 0.443. The summed E-state index contributed by atoms with van der Waals surface area (Å²) < 4.78 is 31.4. The number of nitrogens with one attached hydrogen (secondary N) is 1. The van der Waals surface area contributed by atoms with E-state index in [0.29, 0.717) is 13.0 Å². The second-order valence-electron chi connectivity index (χ2n) is 3.99. The van der Waals surface area contributed by atoms with Gasteiger partial charge in [-0.2, -0.15) is 11.8 Å². The van der Waals surface area contributed by atoms with Gasteiger partial charge in [0.15, 0.2) is 0 Å². The minimum atomic E-state index is -3.79. The Morgan fingerprint density at radius 1 is 1.45 bits per heavy atom. The van der Waals surface area contributed by atoms with Crippen LogP contribution in [0.5, 0.6) is 0 Å². The first-order chi connectivity index (χ1) is 9.42. The molecule has 0 radical (unpaired) electrons. The van der Waals surface area contributed by atoms with E-state index in [1.54, 1.807) is 11.8 Å². The third kappa shape index (κ3) is 4.39. The van der Waals surface area contributed by atoms with Crippen LogP contribution in [0.15, 0.2) is 23.1 Å². The average molecular weight is 318 g/mol. The Morgan fingerprint density at radius 3 is 2.75 bits per heavy atom. The third-order valence-electron chi connectivity index (χ3n) is 2.52. The zero-order valence-electron chi connectivity index (χ0n) is 11.4. The van der Waals surface area contributed by atoms with Crippen LogP contribution in [-0.2, 0) is 14.8 Å². The molecule has 0 aliphatic carbocycles. The van der Waals surface area contributed by atoms with Crippen molar-refractivity contribution in [2.24, 2.45) is 0 Å². The number of esters is 1. The number of hydrogen-bond donors (Lipinski definition) is 2. The van der Waals surface area contributed by atoms with E-state index in [4.69, 9.17) is 5.73 Å². The normalized spacial score (nSPS) is 11.3. The maximum Gasteiger partial charge on any atom is 0.339 e. The number of benzene rings is 1. The van der Waals surface area contributed by atoms with Gasteiger partial charge in [0.05, 0.1) is 17.6 Å². The second-order valence-corrected chi connectivity index (χ2v) is 6.71. The highest BCUT2D eigenvalue weighted by molar-refractivity contribution is 7.98. The van der Waals surface area contributed by atoms with E-state index in [1.165, 1.54) is 25.3 Å². The first-order valence-corrected chi connectivity index (χ1v) is 8.76. The van der Waals surface area contributed by atoms with Crippen molar-refractivity contribution in [3.05, 3.63) is 23.8 Å². The number of thioether (sulfide) groups is 1. The van der Waals surface area contributed by atoms with Crippen LogP contribution in [-0.4, -0.2) is 40.1 Å². The van der Waals surface area contributed by atoms with Crippen LogP contribution < -0.4 is 10.5 Å². The molecule has 0 saturated carbocycles. The Labute approximate surface area is 123 Å². The number of hydrogen-bond acceptors (Lipinski definition) is 6. The fourth-order valence-corrected chi connectivity index (χ4v) is 3.27. The number of methoxy groups -OCH3 is 1. The lowest BCUT2D eigenvalue weighted by Crippen LogP contribution is -2.27. The van der Waals surface area contributed by atoms with Gasteiger partial charge < -0.3 is 10.5 Å². The third-order valence-corrected chi connectivity index (χ3v) is 4.72. The van der Waals surface area contributed by atoms with Crippen LogP contribution in [0.2, 0.25) is 0 Å². The van der Waals surface area contributed by atoms with Gasteiger partial charge in [0.1, 0.15) is 0 Å². The molecule has 6 nitrogen and oxygen atoms in total. The number of carbonyl (C=O) groups excluding carboxylic acids is 1. The van der Waals surface area contributed by atoms with Crippen molar-refractivity contribution in [3.63, 3.8) is 0 Å². The van der Waals surface area contributed by atoms with Crippen LogP contribution in [0, 0.1) is 0 Å². The van der Waals surface area contributed by atoms with Gasteiger partial charge in [0.2, 0.25) is 10.0 Å². The molecule has 0 spiro atoms. The van der Waals surface area contributed by atoms with Crippen molar-refractivity contribution >= 4 is 33.4 Å². The van der Waals surface area contributed by atoms with Crippen molar-refractivity contribution in [1.82, 2.24) is 4.72 Å². The molecule has 1 aromatic carbocycles. The Hall–Kier alpha value is -1.25. The van der Waals surface area contributed by atoms with Crippen molar-refractivity contribution in [2.75, 3.05) is 31.4 Å². The van der Waals surface area contributed by atoms with Gasteiger partial charge in [0.25, 0.3) is 0 Å². The zero-order chi connectivity index (χ0) is 15.2. The van der Waals surface area contributed by atoms with Crippen molar-refractivity contribution < 1.29 is 17.9 Å². The SMILES string of the molecule is COC(=O)c1ccc(N)cc1S(=O)(=O)NCCCSC. The molecule has 0 aromatic heterocycles. The number of anilines is 1. The molecule has 0 aliphatic heterocycles. The first kappa shape index (κ1) is 16.8. The lowest BCUT2D eigenvalue weighted by Gasteiger charge is -2.11. The molecule has 0 fully saturated rings. The summed E-state index contributed by atoms with van der Waals surface area (Å²) >= 11 is 1.63. The number of sulfonamides is 1. The maximum absolute atomic E-state index is 12.2. The Balaban J connectivity index is 3.03. The van der Waals surface area contributed by atoms with Gasteiger partial charge in [0, 0.05) is 12.2 Å². The van der Waals surface area contributed by atoms with Gasteiger partial charge in [-0.05, 0) is 36.6 Å². The van der Waals surface area contributed by atoms with E-state index >= 15 is 0 Å². The number of carbonyl (C=O) groups is 1. The van der Waals surface area contributed by atoms with Gasteiger partial charge in [-0.3, -0.25) is 0 Å². The molecule has 8 heteroatoms. The maximum atomic E-state index is 12.2. The highest BCUT2D eigenvalue weighted by Crippen LogP contribution is 2.20. The highest BCUT2D eigenvalue weighted by Gasteiger charge is 2.22. The average Bonchev–Trinajstić information content (AvgIpc) is 2.42. The van der Waals surface area contributed by atoms with Gasteiger partial charge in [-0.1, -0.05) is 0 Å². The molecule has 1 rings (SSSR count). The zero-order valence-corrected chi connectivity index (χ0v) is 13.0. The Morgan fingerprint density at radius 2 is 2.15 bits per heavy atom. The van der Waals surface area contributed by atoms with Crippen LogP contribution in [0.3, 0.4) is 0 Å². The smallest absolute Gasteiger partial charge is 0.339 e. The predicted molar refractivity (Wildman–Crippen MR) is 80.4 cm³/mol. The van der Waals surface area contributed by atoms with E-state index in [-0.39, 0.29) is 16.1 Å². The highest BCUT2D eigenvalue weighted by atomic mass is 32.2. The summed E-state index contributed by atoms with van der Waals surface area (Å²) in [6.45, 7) is 0.304. The lowest BCUT2D eigenvalue weighted by atomic mass is 10.2. The standard InChI is InChI=1S/C12H18N2O4S2/c1-18-12(15)10-5-4-9(13)8-11(10)20(16,17)14-6-3-7-19-2/h4-5,8,14H,3,6-7,13H2,1-2H3. The van der Waals surface area contributed by atoms with Crippen molar-refractivity contribution in [2.45, 2.75) is 11.3 Å². The summed E-state index contributed by atoms with van der Waals surface area (Å²) in [5, 5.41) is 0. The van der Waals surface area contributed by atoms with E-state index in [0.717, 1.165) is 5.75 Å². The molecule has 0 bridgehead atoms. The number of nitrogens with two attached hydrogens (primary N) is 1. The molecule has 0 heterocycles. The number of ether oxygens (including phenoxy) is 1. The van der Waals surface area contributed by atoms with E-state index in [2.05, 4.69) is 9.46 Å². The van der Waals surface area contributed by atoms with Gasteiger partial charge >= 0.3 is 5.97 Å². The summed E-state index contributed by atoms with van der Waals surface area (Å²) in [4.78, 5) is 11.5. The van der Waals surface area contributed by atoms with Gasteiger partial charge in [-0.15, -0.1) is 0 Å². The molecular weight excluding hydrogens is 300 g/mol. The molecular formula is C12H18N2O4S2. The van der Waals surface area contributed by atoms with Gasteiger partial charge in [-0.25, -0.2) is 17.9 Å². The fraction of sp³-hybridized carbons (Fsp3) is 0.417. The molecule has 0 atom stereocenters. The van der Waals surface area contributed by atoms with E-state index in [9.17, 15) is 13.2 Å². The van der Waals surface area contributed by atoms with Crippen LogP contribution in [0.1, 0.15) is 16.8 Å². The van der Waals surface area contributed by atoms with E-state index < -0.39 is 16.0 Å². The second kappa shape index (κ2) is 7.51. The number of nitrogen functional groups attached to an aromatic ring is 1. The molecule has 3 N–H and O–H groups in total. The lowest BCUT2D eigenvalue weighted by molar-refractivity contribution is 0.0596. The molecule has 0 saturated heterocycles. The van der Waals surface area contributed by atoms with E-state index in [1.807, 2.05) is 6.26 Å². The summed E-state index contributed by atoms with van der Waals surface area (Å²) in [5.41, 5.74) is 5.83. The fourth-order valence-electron chi connectivity index (χ4n) is 1.54. The first-order valence-electron chi connectivity index (χ1n) is 5.89. The van der Waals surface area contributed by atoms with Crippen LogP contribution >= 0.6 is 11.8 Å². The molecule has 112 valence electrons. The van der Waals surface area contributed by atoms with Crippen molar-refractivity contribution in [3.8, 4) is 0 Å². The molecule has 20 heavy (non-hydrogen) atoms. The summed E-state index contributed by atoms with van der Waals surface area (Å²) in [6, 6.07) is 4.06. The molecule has 1 aromatic rings. The van der Waals surface area contributed by atoms with Crippen LogP contribution in [0.25, 0.3) is 0 Å². The summed E-state index contributed by atoms with van der Waals surface area (Å²) in [7, 11) is -2.59.